The number of benzene rings is 2. The van der Waals surface area contributed by atoms with Gasteiger partial charge < -0.3 is 10.2 Å². The van der Waals surface area contributed by atoms with Crippen molar-refractivity contribution in [3.63, 3.8) is 0 Å². The first-order valence-electron chi connectivity index (χ1n) is 10.7. The normalized spacial score (nSPS) is 16.1. The highest BCUT2D eigenvalue weighted by Crippen LogP contribution is 2.31. The Morgan fingerprint density at radius 2 is 1.66 bits per heavy atom. The fourth-order valence-electron chi connectivity index (χ4n) is 4.76. The summed E-state index contributed by atoms with van der Waals surface area (Å²) in [6.07, 6.45) is 1.76. The maximum Gasteiger partial charge on any atom is 0.254 e. The van der Waals surface area contributed by atoms with Gasteiger partial charge in [0.2, 0.25) is 0 Å². The van der Waals surface area contributed by atoms with Crippen molar-refractivity contribution in [2.75, 3.05) is 13.1 Å². The molecule has 2 aromatic carbocycles. The predicted molar refractivity (Wildman–Crippen MR) is 116 cm³/mol. The molecule has 0 aliphatic carbocycles. The summed E-state index contributed by atoms with van der Waals surface area (Å²) in [7, 11) is 0. The number of nitrogens with one attached hydrogen (secondary N) is 1. The Kier molecular flexibility index (Phi) is 5.20. The molecule has 2 aliphatic heterocycles. The Balaban J connectivity index is 1.66. The topological polar surface area (TPSA) is 49.4 Å². The lowest BCUT2D eigenvalue weighted by Gasteiger charge is -2.31. The molecule has 0 radical (unpaired) electrons. The van der Waals surface area contributed by atoms with Crippen LogP contribution in [0.1, 0.15) is 88.1 Å². The highest BCUT2D eigenvalue weighted by molar-refractivity contribution is 5.98. The molecule has 0 saturated heterocycles. The van der Waals surface area contributed by atoms with Gasteiger partial charge in [0.05, 0.1) is 0 Å². The van der Waals surface area contributed by atoms with Crippen molar-refractivity contribution in [1.29, 1.82) is 0 Å². The summed E-state index contributed by atoms with van der Waals surface area (Å²) in [5.41, 5.74) is 7.55. The summed E-state index contributed by atoms with van der Waals surface area (Å²) in [5.74, 6) is 0.868. The van der Waals surface area contributed by atoms with Gasteiger partial charge in [-0.25, -0.2) is 0 Å². The van der Waals surface area contributed by atoms with E-state index in [-0.39, 0.29) is 11.8 Å². The second-order valence-electron chi connectivity index (χ2n) is 8.88. The fourth-order valence-corrected chi connectivity index (χ4v) is 4.76. The highest BCUT2D eigenvalue weighted by Gasteiger charge is 2.28. The minimum atomic E-state index is 0.00638. The second-order valence-corrected chi connectivity index (χ2v) is 8.88. The van der Waals surface area contributed by atoms with Crippen LogP contribution in [0.2, 0.25) is 0 Å². The van der Waals surface area contributed by atoms with Crippen LogP contribution in [-0.4, -0.2) is 29.8 Å². The highest BCUT2D eigenvalue weighted by atomic mass is 16.2. The smallest absolute Gasteiger partial charge is 0.254 e. The van der Waals surface area contributed by atoms with E-state index in [1.807, 2.05) is 23.1 Å². The number of carbonyl (C=O) groups excluding carboxylic acids is 2. The molecule has 4 nitrogen and oxygen atoms in total. The first kappa shape index (κ1) is 19.7. The number of amides is 2. The van der Waals surface area contributed by atoms with Crippen molar-refractivity contribution in [2.45, 2.75) is 58.9 Å². The summed E-state index contributed by atoms with van der Waals surface area (Å²) in [5, 5.41) is 2.95. The number of carbonyl (C=O) groups is 2. The molecular weight excluding hydrogens is 360 g/mol. The van der Waals surface area contributed by atoms with Crippen LogP contribution in [0.25, 0.3) is 0 Å². The van der Waals surface area contributed by atoms with Gasteiger partial charge in [0.1, 0.15) is 0 Å². The van der Waals surface area contributed by atoms with Gasteiger partial charge in [-0.15, -0.1) is 0 Å². The lowest BCUT2D eigenvalue weighted by atomic mass is 9.86. The van der Waals surface area contributed by atoms with Crippen molar-refractivity contribution in [3.8, 4) is 0 Å². The fraction of sp³-hybridized carbons (Fsp3) is 0.440. The van der Waals surface area contributed by atoms with Gasteiger partial charge in [-0.05, 0) is 64.6 Å². The summed E-state index contributed by atoms with van der Waals surface area (Å²) < 4.78 is 0. The molecule has 0 aromatic heterocycles. The molecule has 4 heteroatoms. The lowest BCUT2D eigenvalue weighted by molar-refractivity contribution is 0.0726. The molecule has 152 valence electrons. The summed E-state index contributed by atoms with van der Waals surface area (Å²) in [4.78, 5) is 27.6. The van der Waals surface area contributed by atoms with Crippen molar-refractivity contribution in [3.05, 3.63) is 69.3 Å². The van der Waals surface area contributed by atoms with Crippen LogP contribution in [0.4, 0.5) is 0 Å². The maximum atomic E-state index is 13.2. The van der Waals surface area contributed by atoms with E-state index in [0.29, 0.717) is 24.9 Å². The molecule has 0 bridgehead atoms. The van der Waals surface area contributed by atoms with Crippen LogP contribution in [-0.2, 0) is 19.4 Å². The molecule has 0 spiro atoms. The van der Waals surface area contributed by atoms with Crippen LogP contribution in [0, 0.1) is 0 Å². The van der Waals surface area contributed by atoms with E-state index in [9.17, 15) is 9.59 Å². The van der Waals surface area contributed by atoms with E-state index >= 15 is 0 Å². The van der Waals surface area contributed by atoms with E-state index in [4.69, 9.17) is 0 Å². The maximum absolute atomic E-state index is 13.2. The van der Waals surface area contributed by atoms with Crippen LogP contribution in [0.3, 0.4) is 0 Å². The molecule has 0 fully saturated rings. The average molecular weight is 391 g/mol. The standard InChI is InChI=1S/C25H30N2O2/c1-15(2)18-6-5-7-21-20(18)9-11-27(25(21)29)14-17-12-22(16(3)4)19-8-10-26-24(28)23(19)13-17/h5-7,12-13,15-16H,8-11,14H2,1-4H3,(H,26,28). The average Bonchev–Trinajstić information content (AvgIpc) is 2.69. The van der Waals surface area contributed by atoms with Gasteiger partial charge in [-0.2, -0.15) is 0 Å². The van der Waals surface area contributed by atoms with E-state index in [1.165, 1.54) is 22.3 Å². The first-order chi connectivity index (χ1) is 13.9. The van der Waals surface area contributed by atoms with Gasteiger partial charge in [-0.1, -0.05) is 45.9 Å². The van der Waals surface area contributed by atoms with Gasteiger partial charge in [0.25, 0.3) is 11.8 Å². The molecule has 2 aromatic rings. The third-order valence-electron chi connectivity index (χ3n) is 6.23. The Labute approximate surface area is 173 Å². The van der Waals surface area contributed by atoms with Gasteiger partial charge in [-0.3, -0.25) is 9.59 Å². The molecular formula is C25H30N2O2. The number of hydrogen-bond acceptors (Lipinski definition) is 2. The Morgan fingerprint density at radius 1 is 0.931 bits per heavy atom. The number of nitrogens with zero attached hydrogens (tertiary/aromatic N) is 1. The molecule has 2 amide bonds. The number of hydrogen-bond donors (Lipinski definition) is 1. The SMILES string of the molecule is CC(C)c1cc(CN2CCc3c(cccc3C(C)C)C2=O)cc2c1CCNC2=O. The molecule has 4 rings (SSSR count). The molecule has 2 heterocycles. The van der Waals surface area contributed by atoms with E-state index in [2.05, 4.69) is 45.1 Å². The third-order valence-corrected chi connectivity index (χ3v) is 6.23. The number of fused-ring (bicyclic) bond motifs is 2. The monoisotopic (exact) mass is 390 g/mol. The molecule has 29 heavy (non-hydrogen) atoms. The van der Waals surface area contributed by atoms with Crippen LogP contribution in [0.15, 0.2) is 30.3 Å². The molecule has 1 N–H and O–H groups in total. The third kappa shape index (κ3) is 3.57. The minimum absolute atomic E-state index is 0.00638. The van der Waals surface area contributed by atoms with Crippen molar-refractivity contribution < 1.29 is 9.59 Å². The van der Waals surface area contributed by atoms with Gasteiger partial charge >= 0.3 is 0 Å². The van der Waals surface area contributed by atoms with Crippen molar-refractivity contribution in [2.24, 2.45) is 0 Å². The van der Waals surface area contributed by atoms with E-state index in [1.54, 1.807) is 0 Å². The van der Waals surface area contributed by atoms with E-state index in [0.717, 1.165) is 36.1 Å². The molecule has 0 atom stereocenters. The zero-order chi connectivity index (χ0) is 20.7. The van der Waals surface area contributed by atoms with Crippen LogP contribution < -0.4 is 5.32 Å². The second kappa shape index (κ2) is 7.66. The van der Waals surface area contributed by atoms with Crippen molar-refractivity contribution in [1.82, 2.24) is 10.2 Å². The summed E-state index contributed by atoms with van der Waals surface area (Å²) >= 11 is 0. The van der Waals surface area contributed by atoms with Crippen LogP contribution in [0.5, 0.6) is 0 Å². The Hall–Kier alpha value is -2.62. The lowest BCUT2D eigenvalue weighted by Crippen LogP contribution is -2.38. The molecule has 2 aliphatic rings. The largest absolute Gasteiger partial charge is 0.352 e. The zero-order valence-electron chi connectivity index (χ0n) is 17.8. The van der Waals surface area contributed by atoms with Gasteiger partial charge in [0.15, 0.2) is 0 Å². The zero-order valence-corrected chi connectivity index (χ0v) is 17.8. The summed E-state index contributed by atoms with van der Waals surface area (Å²) in [6, 6.07) is 10.3. The quantitative estimate of drug-likeness (QED) is 0.840. The van der Waals surface area contributed by atoms with Crippen molar-refractivity contribution >= 4 is 11.8 Å². The Bertz CT molecular complexity index is 975. The van der Waals surface area contributed by atoms with Gasteiger partial charge in [0, 0.05) is 30.8 Å². The van der Waals surface area contributed by atoms with E-state index < -0.39 is 0 Å². The first-order valence-corrected chi connectivity index (χ1v) is 10.7. The summed E-state index contributed by atoms with van der Waals surface area (Å²) in [6.45, 7) is 10.7. The molecule has 0 saturated carbocycles. The van der Waals surface area contributed by atoms with Crippen LogP contribution >= 0.6 is 0 Å². The molecule has 0 unspecified atom stereocenters. The predicted octanol–water partition coefficient (Wildman–Crippen LogP) is 4.42. The number of rotatable bonds is 4. The Morgan fingerprint density at radius 3 is 2.38 bits per heavy atom. The minimum Gasteiger partial charge on any atom is -0.352 e.